The van der Waals surface area contributed by atoms with Gasteiger partial charge in [-0.2, -0.15) is 0 Å². The Bertz CT molecular complexity index is 299. The molecule has 1 heterocycles. The third kappa shape index (κ3) is 6.53. The lowest BCUT2D eigenvalue weighted by Crippen LogP contribution is -2.49. The molecule has 22 heavy (non-hydrogen) atoms. The van der Waals surface area contributed by atoms with Gasteiger partial charge in [-0.3, -0.25) is 9.89 Å². The Labute approximate surface area is 136 Å². The summed E-state index contributed by atoms with van der Waals surface area (Å²) in [6.07, 6.45) is 3.55. The topological polar surface area (TPSA) is 48.9 Å². The molecule has 1 aliphatic rings. The van der Waals surface area contributed by atoms with E-state index in [0.29, 0.717) is 12.0 Å². The molecule has 0 amide bonds. The van der Waals surface area contributed by atoms with Crippen molar-refractivity contribution in [2.24, 2.45) is 10.9 Å². The van der Waals surface area contributed by atoms with Gasteiger partial charge in [0, 0.05) is 32.2 Å². The van der Waals surface area contributed by atoms with Crippen LogP contribution in [0.15, 0.2) is 4.99 Å². The average molecular weight is 313 g/mol. The van der Waals surface area contributed by atoms with Crippen LogP contribution in [0.1, 0.15) is 47.0 Å². The Kier molecular flexibility index (Phi) is 10.2. The zero-order valence-electron chi connectivity index (χ0n) is 15.0. The van der Waals surface area contributed by atoms with Crippen LogP contribution in [-0.4, -0.2) is 62.8 Å². The first-order chi connectivity index (χ1) is 10.8. The average Bonchev–Trinajstić information content (AvgIpc) is 2.57. The van der Waals surface area contributed by atoms with Crippen molar-refractivity contribution in [3.63, 3.8) is 0 Å². The fourth-order valence-corrected chi connectivity index (χ4v) is 3.07. The third-order valence-electron chi connectivity index (χ3n) is 4.43. The van der Waals surface area contributed by atoms with Crippen LogP contribution < -0.4 is 10.6 Å². The summed E-state index contributed by atoms with van der Waals surface area (Å²) in [5, 5.41) is 6.75. The maximum atomic E-state index is 5.51. The molecule has 0 radical (unpaired) electrons. The molecule has 0 aliphatic carbocycles. The van der Waals surface area contributed by atoms with Crippen LogP contribution in [-0.2, 0) is 4.74 Å². The number of hydrogen-bond acceptors (Lipinski definition) is 3. The van der Waals surface area contributed by atoms with Gasteiger partial charge in [-0.15, -0.1) is 0 Å². The van der Waals surface area contributed by atoms with Crippen LogP contribution in [0, 0.1) is 5.92 Å². The molecule has 1 rings (SSSR count). The lowest BCUT2D eigenvalue weighted by Gasteiger charge is -2.38. The van der Waals surface area contributed by atoms with Crippen molar-refractivity contribution in [1.82, 2.24) is 15.5 Å². The van der Waals surface area contributed by atoms with E-state index in [1.807, 2.05) is 0 Å². The van der Waals surface area contributed by atoms with Gasteiger partial charge in [-0.25, -0.2) is 0 Å². The van der Waals surface area contributed by atoms with Gasteiger partial charge in [0.15, 0.2) is 5.96 Å². The lowest BCUT2D eigenvalue weighted by atomic mass is 9.92. The first-order valence-corrected chi connectivity index (χ1v) is 9.10. The molecule has 0 bridgehead atoms. The second-order valence-electron chi connectivity index (χ2n) is 5.94. The minimum Gasteiger partial charge on any atom is -0.379 e. The standard InChI is InChI=1S/C17H36N4O/c1-5-9-19-17(18-8-4)20-14-16(15(6-2)7-3)21-10-12-22-13-11-21/h15-16H,5-14H2,1-4H3,(H2,18,19,20). The molecular weight excluding hydrogens is 276 g/mol. The van der Waals surface area contributed by atoms with Gasteiger partial charge in [0.2, 0.25) is 0 Å². The molecule has 1 unspecified atom stereocenters. The van der Waals surface area contributed by atoms with Crippen LogP contribution in [0.4, 0.5) is 0 Å². The third-order valence-corrected chi connectivity index (χ3v) is 4.43. The molecule has 0 aromatic rings. The van der Waals surface area contributed by atoms with Crippen molar-refractivity contribution in [2.75, 3.05) is 45.9 Å². The maximum absolute atomic E-state index is 5.51. The molecule has 1 aliphatic heterocycles. The summed E-state index contributed by atoms with van der Waals surface area (Å²) in [5.41, 5.74) is 0. The molecule has 0 aromatic carbocycles. The summed E-state index contributed by atoms with van der Waals surface area (Å²) >= 11 is 0. The molecular formula is C17H36N4O. The summed E-state index contributed by atoms with van der Waals surface area (Å²) < 4.78 is 5.51. The summed E-state index contributed by atoms with van der Waals surface area (Å²) in [5.74, 6) is 1.66. The number of nitrogens with zero attached hydrogens (tertiary/aromatic N) is 2. The minimum atomic E-state index is 0.524. The first-order valence-electron chi connectivity index (χ1n) is 9.10. The van der Waals surface area contributed by atoms with E-state index in [2.05, 4.69) is 43.2 Å². The number of ether oxygens (including phenoxy) is 1. The molecule has 5 heteroatoms. The van der Waals surface area contributed by atoms with E-state index in [1.54, 1.807) is 0 Å². The van der Waals surface area contributed by atoms with E-state index < -0.39 is 0 Å². The molecule has 5 nitrogen and oxygen atoms in total. The Morgan fingerprint density at radius 3 is 2.32 bits per heavy atom. The largest absolute Gasteiger partial charge is 0.379 e. The van der Waals surface area contributed by atoms with Crippen molar-refractivity contribution in [3.8, 4) is 0 Å². The Morgan fingerprint density at radius 1 is 1.09 bits per heavy atom. The zero-order chi connectivity index (χ0) is 16.2. The SMILES string of the molecule is CCCNC(=NCC(C(CC)CC)N1CCOCC1)NCC. The fourth-order valence-electron chi connectivity index (χ4n) is 3.07. The molecule has 1 atom stereocenters. The van der Waals surface area contributed by atoms with Crippen molar-refractivity contribution in [2.45, 2.75) is 53.0 Å². The quantitative estimate of drug-likeness (QED) is 0.505. The normalized spacial score (nSPS) is 18.5. The minimum absolute atomic E-state index is 0.524. The van der Waals surface area contributed by atoms with E-state index in [4.69, 9.17) is 9.73 Å². The monoisotopic (exact) mass is 312 g/mol. The van der Waals surface area contributed by atoms with Gasteiger partial charge < -0.3 is 15.4 Å². The molecule has 1 saturated heterocycles. The van der Waals surface area contributed by atoms with Crippen LogP contribution in [0.25, 0.3) is 0 Å². The van der Waals surface area contributed by atoms with Gasteiger partial charge in [-0.1, -0.05) is 33.6 Å². The van der Waals surface area contributed by atoms with Gasteiger partial charge in [-0.05, 0) is 19.3 Å². The lowest BCUT2D eigenvalue weighted by molar-refractivity contribution is 0.00395. The zero-order valence-corrected chi connectivity index (χ0v) is 15.0. The highest BCUT2D eigenvalue weighted by molar-refractivity contribution is 5.79. The first kappa shape index (κ1) is 19.2. The second-order valence-corrected chi connectivity index (χ2v) is 5.94. The maximum Gasteiger partial charge on any atom is 0.191 e. The molecule has 0 saturated carbocycles. The van der Waals surface area contributed by atoms with E-state index in [9.17, 15) is 0 Å². The predicted octanol–water partition coefficient (Wildman–Crippen LogP) is 2.09. The summed E-state index contributed by atoms with van der Waals surface area (Å²) in [4.78, 5) is 7.43. The van der Waals surface area contributed by atoms with Gasteiger partial charge >= 0.3 is 0 Å². The fraction of sp³-hybridized carbons (Fsp3) is 0.941. The summed E-state index contributed by atoms with van der Waals surface area (Å²) in [7, 11) is 0. The number of morpholine rings is 1. The number of aliphatic imine (C=N–C) groups is 1. The Morgan fingerprint density at radius 2 is 1.77 bits per heavy atom. The number of nitrogens with one attached hydrogen (secondary N) is 2. The summed E-state index contributed by atoms with van der Waals surface area (Å²) in [6.45, 7) is 15.4. The summed E-state index contributed by atoms with van der Waals surface area (Å²) in [6, 6.07) is 0.524. The van der Waals surface area contributed by atoms with Crippen molar-refractivity contribution in [3.05, 3.63) is 0 Å². The molecule has 1 fully saturated rings. The smallest absolute Gasteiger partial charge is 0.191 e. The molecule has 130 valence electrons. The highest BCUT2D eigenvalue weighted by Crippen LogP contribution is 2.20. The molecule has 2 N–H and O–H groups in total. The number of hydrogen-bond donors (Lipinski definition) is 2. The van der Waals surface area contributed by atoms with E-state index in [1.165, 1.54) is 12.8 Å². The van der Waals surface area contributed by atoms with Crippen molar-refractivity contribution >= 4 is 5.96 Å². The second kappa shape index (κ2) is 11.7. The Balaban J connectivity index is 2.71. The van der Waals surface area contributed by atoms with Crippen LogP contribution >= 0.6 is 0 Å². The van der Waals surface area contributed by atoms with Crippen LogP contribution in [0.2, 0.25) is 0 Å². The van der Waals surface area contributed by atoms with E-state index >= 15 is 0 Å². The van der Waals surface area contributed by atoms with Crippen molar-refractivity contribution < 1.29 is 4.74 Å². The van der Waals surface area contributed by atoms with Crippen molar-refractivity contribution in [1.29, 1.82) is 0 Å². The van der Waals surface area contributed by atoms with Gasteiger partial charge in [0.05, 0.1) is 19.8 Å². The van der Waals surface area contributed by atoms with Gasteiger partial charge in [0.25, 0.3) is 0 Å². The number of rotatable bonds is 9. The van der Waals surface area contributed by atoms with Crippen LogP contribution in [0.5, 0.6) is 0 Å². The van der Waals surface area contributed by atoms with Crippen LogP contribution in [0.3, 0.4) is 0 Å². The predicted molar refractivity (Wildman–Crippen MR) is 94.5 cm³/mol. The highest BCUT2D eigenvalue weighted by Gasteiger charge is 2.26. The molecule has 0 spiro atoms. The van der Waals surface area contributed by atoms with E-state index in [0.717, 1.165) is 58.3 Å². The Hall–Kier alpha value is -0.810. The molecule has 0 aromatic heterocycles. The van der Waals surface area contributed by atoms with E-state index in [-0.39, 0.29) is 0 Å². The van der Waals surface area contributed by atoms with Gasteiger partial charge in [0.1, 0.15) is 0 Å². The highest BCUT2D eigenvalue weighted by atomic mass is 16.5. The number of guanidine groups is 1.